The zero-order chi connectivity index (χ0) is 20.2. The summed E-state index contributed by atoms with van der Waals surface area (Å²) in [5, 5.41) is 0. The average Bonchev–Trinajstić information content (AvgIpc) is 2.61. The van der Waals surface area contributed by atoms with E-state index in [1.165, 1.54) is 25.1 Å². The van der Waals surface area contributed by atoms with Crippen LogP contribution in [0.2, 0.25) is 0 Å². The van der Waals surface area contributed by atoms with Gasteiger partial charge in [0, 0.05) is 12.1 Å². The largest absolute Gasteiger partial charge is 0.451 e. The Morgan fingerprint density at radius 3 is 2.30 bits per heavy atom. The van der Waals surface area contributed by atoms with Gasteiger partial charge in [-0.15, -0.1) is 0 Å². The maximum absolute atomic E-state index is 12.5. The van der Waals surface area contributed by atoms with Crippen LogP contribution in [-0.4, -0.2) is 32.8 Å². The summed E-state index contributed by atoms with van der Waals surface area (Å²) in [4.78, 5) is 24.9. The predicted molar refractivity (Wildman–Crippen MR) is 102 cm³/mol. The minimum atomic E-state index is -3.70. The van der Waals surface area contributed by atoms with Crippen molar-refractivity contribution in [3.05, 3.63) is 64.7 Å². The van der Waals surface area contributed by atoms with Gasteiger partial charge in [0.2, 0.25) is 15.8 Å². The van der Waals surface area contributed by atoms with Crippen molar-refractivity contribution >= 4 is 21.8 Å². The highest BCUT2D eigenvalue weighted by atomic mass is 32.2. The molecule has 0 bridgehead atoms. The number of Topliss-reactive ketones (excluding diaryl/α,β-unsaturated/α-hetero) is 1. The van der Waals surface area contributed by atoms with Crippen LogP contribution in [0.4, 0.5) is 0 Å². The molecule has 0 amide bonds. The molecule has 2 rings (SSSR count). The Morgan fingerprint density at radius 2 is 1.70 bits per heavy atom. The molecule has 2 aromatic rings. The van der Waals surface area contributed by atoms with Gasteiger partial charge in [0.25, 0.3) is 0 Å². The summed E-state index contributed by atoms with van der Waals surface area (Å²) in [7, 11) is -3.70. The molecule has 1 N–H and O–H groups in total. The van der Waals surface area contributed by atoms with Crippen LogP contribution in [-0.2, 0) is 14.8 Å². The maximum atomic E-state index is 12.5. The van der Waals surface area contributed by atoms with Crippen molar-refractivity contribution in [2.24, 2.45) is 0 Å². The summed E-state index contributed by atoms with van der Waals surface area (Å²) in [5.41, 5.74) is 2.13. The molecule has 0 aromatic heterocycles. The Bertz CT molecular complexity index is 949. The van der Waals surface area contributed by atoms with Crippen LogP contribution in [0.25, 0.3) is 0 Å². The molecule has 1 atom stereocenters. The van der Waals surface area contributed by atoms with E-state index in [4.69, 9.17) is 4.74 Å². The molecule has 27 heavy (non-hydrogen) atoms. The van der Waals surface area contributed by atoms with Crippen molar-refractivity contribution in [2.45, 2.75) is 38.7 Å². The van der Waals surface area contributed by atoms with Gasteiger partial charge in [-0.25, -0.2) is 17.9 Å². The van der Waals surface area contributed by atoms with E-state index in [0.717, 1.165) is 5.56 Å². The molecule has 7 heteroatoms. The first-order valence-corrected chi connectivity index (χ1v) is 10.1. The lowest BCUT2D eigenvalue weighted by molar-refractivity contribution is 0.0318. The summed E-state index contributed by atoms with van der Waals surface area (Å²) in [6.45, 7) is 6.98. The third-order valence-corrected chi connectivity index (χ3v) is 5.61. The third kappa shape index (κ3) is 5.02. The summed E-state index contributed by atoms with van der Waals surface area (Å²) < 4.78 is 32.0. The van der Waals surface area contributed by atoms with Gasteiger partial charge < -0.3 is 4.74 Å². The van der Waals surface area contributed by atoms with Crippen molar-refractivity contribution in [1.82, 2.24) is 4.72 Å². The van der Waals surface area contributed by atoms with E-state index in [2.05, 4.69) is 4.72 Å². The smallest absolute Gasteiger partial charge is 0.339 e. The lowest BCUT2D eigenvalue weighted by atomic mass is 10.1. The summed E-state index contributed by atoms with van der Waals surface area (Å²) in [6.07, 6.45) is -0.992. The second-order valence-corrected chi connectivity index (χ2v) is 8.02. The number of hydrogen-bond acceptors (Lipinski definition) is 5. The molecule has 0 aliphatic heterocycles. The molecule has 0 saturated carbocycles. The van der Waals surface area contributed by atoms with E-state index in [0.29, 0.717) is 11.1 Å². The van der Waals surface area contributed by atoms with Crippen LogP contribution in [0.1, 0.15) is 45.7 Å². The van der Waals surface area contributed by atoms with Gasteiger partial charge in [0.15, 0.2) is 6.10 Å². The highest BCUT2D eigenvalue weighted by molar-refractivity contribution is 7.89. The second-order valence-electron chi connectivity index (χ2n) is 6.26. The van der Waals surface area contributed by atoms with Gasteiger partial charge in [-0.3, -0.25) is 4.79 Å². The summed E-state index contributed by atoms with van der Waals surface area (Å²) >= 11 is 0. The number of benzene rings is 2. The topological polar surface area (TPSA) is 89.5 Å². The Morgan fingerprint density at radius 1 is 1.07 bits per heavy atom. The van der Waals surface area contributed by atoms with E-state index < -0.39 is 22.1 Å². The number of carbonyl (C=O) groups excluding carboxylic acids is 2. The fourth-order valence-electron chi connectivity index (χ4n) is 2.49. The highest BCUT2D eigenvalue weighted by Gasteiger charge is 2.23. The first-order chi connectivity index (χ1) is 12.7. The van der Waals surface area contributed by atoms with Gasteiger partial charge in [-0.2, -0.15) is 0 Å². The zero-order valence-electron chi connectivity index (χ0n) is 15.8. The van der Waals surface area contributed by atoms with Crippen LogP contribution in [0.15, 0.2) is 47.4 Å². The Labute approximate surface area is 159 Å². The minimum absolute atomic E-state index is 0.0283. The molecule has 2 aromatic carbocycles. The number of hydrogen-bond donors (Lipinski definition) is 1. The molecule has 0 saturated heterocycles. The molecule has 6 nitrogen and oxygen atoms in total. The van der Waals surface area contributed by atoms with E-state index in [1.54, 1.807) is 38.1 Å². The standard InChI is InChI=1S/C20H23NO5S/c1-5-21-27(24,25)17-11-8-14(3)18(12-17)20(23)26-15(4)19(22)16-9-6-13(2)7-10-16/h6-12,15,21H,5H2,1-4H3. The van der Waals surface area contributed by atoms with Gasteiger partial charge in [-0.1, -0.05) is 42.8 Å². The van der Waals surface area contributed by atoms with Gasteiger partial charge in [-0.05, 0) is 38.5 Å². The van der Waals surface area contributed by atoms with E-state index in [-0.39, 0.29) is 22.8 Å². The molecule has 0 aliphatic rings. The lowest BCUT2D eigenvalue weighted by Crippen LogP contribution is -2.26. The molecular formula is C20H23NO5S. The zero-order valence-corrected chi connectivity index (χ0v) is 16.6. The average molecular weight is 389 g/mol. The molecule has 0 spiro atoms. The summed E-state index contributed by atoms with van der Waals surface area (Å²) in [5.74, 6) is -1.06. The van der Waals surface area contributed by atoms with Crippen molar-refractivity contribution in [3.8, 4) is 0 Å². The molecule has 0 aliphatic carbocycles. The fourth-order valence-corrected chi connectivity index (χ4v) is 3.56. The van der Waals surface area contributed by atoms with Crippen LogP contribution < -0.4 is 4.72 Å². The maximum Gasteiger partial charge on any atom is 0.339 e. The number of ketones is 1. The highest BCUT2D eigenvalue weighted by Crippen LogP contribution is 2.18. The van der Waals surface area contributed by atoms with Gasteiger partial charge >= 0.3 is 5.97 Å². The molecule has 0 radical (unpaired) electrons. The normalized spacial score (nSPS) is 12.4. The van der Waals surface area contributed by atoms with Crippen molar-refractivity contribution in [3.63, 3.8) is 0 Å². The van der Waals surface area contributed by atoms with Gasteiger partial charge in [0.1, 0.15) is 0 Å². The number of carbonyl (C=O) groups is 2. The van der Waals surface area contributed by atoms with E-state index in [1.807, 2.05) is 6.92 Å². The van der Waals surface area contributed by atoms with Crippen LogP contribution >= 0.6 is 0 Å². The Balaban J connectivity index is 2.22. The van der Waals surface area contributed by atoms with Crippen molar-refractivity contribution < 1.29 is 22.7 Å². The number of nitrogens with one attached hydrogen (secondary N) is 1. The quantitative estimate of drug-likeness (QED) is 0.581. The van der Waals surface area contributed by atoms with Crippen LogP contribution in [0.3, 0.4) is 0 Å². The van der Waals surface area contributed by atoms with Gasteiger partial charge in [0.05, 0.1) is 10.5 Å². The Kier molecular flexibility index (Phi) is 6.51. The minimum Gasteiger partial charge on any atom is -0.451 e. The number of sulfonamides is 1. The number of esters is 1. The molecule has 1 unspecified atom stereocenters. The van der Waals surface area contributed by atoms with Crippen molar-refractivity contribution in [2.75, 3.05) is 6.54 Å². The molecular weight excluding hydrogens is 366 g/mol. The van der Waals surface area contributed by atoms with Crippen molar-refractivity contribution in [1.29, 1.82) is 0 Å². The van der Waals surface area contributed by atoms with E-state index >= 15 is 0 Å². The SMILES string of the molecule is CCNS(=O)(=O)c1ccc(C)c(C(=O)OC(C)C(=O)c2ccc(C)cc2)c1. The number of aryl methyl sites for hydroxylation is 2. The predicted octanol–water partition coefficient (Wildman–Crippen LogP) is 3.03. The fraction of sp³-hybridized carbons (Fsp3) is 0.300. The first-order valence-electron chi connectivity index (χ1n) is 8.58. The molecule has 0 fully saturated rings. The molecule has 0 heterocycles. The van der Waals surface area contributed by atoms with Crippen LogP contribution in [0, 0.1) is 13.8 Å². The number of ether oxygens (including phenoxy) is 1. The van der Waals surface area contributed by atoms with Crippen LogP contribution in [0.5, 0.6) is 0 Å². The molecule has 144 valence electrons. The van der Waals surface area contributed by atoms with E-state index in [9.17, 15) is 18.0 Å². The second kappa shape index (κ2) is 8.45. The Hall–Kier alpha value is -2.51. The number of rotatable bonds is 7. The first kappa shape index (κ1) is 20.8. The lowest BCUT2D eigenvalue weighted by Gasteiger charge is -2.14. The summed E-state index contributed by atoms with van der Waals surface area (Å²) in [6, 6.07) is 11.2. The third-order valence-electron chi connectivity index (χ3n) is 4.06. The monoisotopic (exact) mass is 389 g/mol.